The largest absolute Gasteiger partial charge is 0.465 e. The van der Waals surface area contributed by atoms with Gasteiger partial charge in [-0.1, -0.05) is 38.2 Å². The zero-order chi connectivity index (χ0) is 13.9. The molecule has 0 unspecified atom stereocenters. The van der Waals surface area contributed by atoms with E-state index in [4.69, 9.17) is 4.74 Å². The molecule has 0 atom stereocenters. The first-order valence-electron chi connectivity index (χ1n) is 7.46. The summed E-state index contributed by atoms with van der Waals surface area (Å²) in [4.78, 5) is 15.0. The van der Waals surface area contributed by atoms with Crippen LogP contribution in [0.4, 0.5) is 0 Å². The van der Waals surface area contributed by atoms with E-state index in [9.17, 15) is 4.79 Å². The van der Waals surface area contributed by atoms with E-state index in [0.717, 1.165) is 17.9 Å². The van der Waals surface area contributed by atoms with Crippen LogP contribution in [0.15, 0.2) is 24.3 Å². The summed E-state index contributed by atoms with van der Waals surface area (Å²) in [6.07, 6.45) is 7.97. The first-order chi connectivity index (χ1) is 9.76. The Morgan fingerprint density at radius 1 is 1.25 bits per heavy atom. The second-order valence-corrected chi connectivity index (χ2v) is 5.80. The lowest BCUT2D eigenvalue weighted by molar-refractivity contribution is 0.0601. The molecule has 1 N–H and O–H groups in total. The van der Waals surface area contributed by atoms with Crippen molar-refractivity contribution in [1.29, 1.82) is 0 Å². The molecular weight excluding hydrogens is 250 g/mol. The summed E-state index contributed by atoms with van der Waals surface area (Å²) < 4.78 is 4.76. The van der Waals surface area contributed by atoms with Crippen molar-refractivity contribution in [2.75, 3.05) is 7.11 Å². The predicted octanol–water partition coefficient (Wildman–Crippen LogP) is 4.08. The van der Waals surface area contributed by atoms with E-state index in [1.54, 1.807) is 0 Å². The van der Waals surface area contributed by atoms with Gasteiger partial charge in [-0.25, -0.2) is 4.79 Å². The summed E-state index contributed by atoms with van der Waals surface area (Å²) in [6.45, 7) is 0. The van der Waals surface area contributed by atoms with Crippen molar-refractivity contribution in [3.8, 4) is 0 Å². The molecule has 2 aromatic rings. The lowest BCUT2D eigenvalue weighted by Gasteiger charge is -2.20. The minimum atomic E-state index is -0.282. The predicted molar refractivity (Wildman–Crippen MR) is 79.9 cm³/mol. The van der Waals surface area contributed by atoms with Gasteiger partial charge in [-0.2, -0.15) is 0 Å². The third kappa shape index (κ3) is 2.72. The van der Waals surface area contributed by atoms with E-state index in [2.05, 4.69) is 11.1 Å². The minimum Gasteiger partial charge on any atom is -0.465 e. The zero-order valence-electron chi connectivity index (χ0n) is 11.9. The third-order valence-corrected chi connectivity index (χ3v) is 4.33. The Kier molecular flexibility index (Phi) is 3.77. The summed E-state index contributed by atoms with van der Waals surface area (Å²) in [5, 5.41) is 1.17. The fourth-order valence-electron chi connectivity index (χ4n) is 3.24. The topological polar surface area (TPSA) is 42.1 Å². The summed E-state index contributed by atoms with van der Waals surface area (Å²) >= 11 is 0. The Hall–Kier alpha value is -1.77. The molecule has 0 aliphatic heterocycles. The van der Waals surface area contributed by atoms with Gasteiger partial charge in [-0.15, -0.1) is 0 Å². The lowest BCUT2D eigenvalue weighted by Crippen LogP contribution is -2.09. The van der Waals surface area contributed by atoms with Crippen LogP contribution in [0.5, 0.6) is 0 Å². The van der Waals surface area contributed by atoms with E-state index in [1.165, 1.54) is 50.3 Å². The molecular formula is C17H21NO2. The van der Waals surface area contributed by atoms with Crippen LogP contribution in [0.25, 0.3) is 10.9 Å². The molecule has 0 saturated heterocycles. The van der Waals surface area contributed by atoms with Crippen LogP contribution in [-0.2, 0) is 11.2 Å². The molecule has 20 heavy (non-hydrogen) atoms. The van der Waals surface area contributed by atoms with Gasteiger partial charge < -0.3 is 9.72 Å². The summed E-state index contributed by atoms with van der Waals surface area (Å²) in [7, 11) is 1.41. The summed E-state index contributed by atoms with van der Waals surface area (Å²) in [6, 6.07) is 7.91. The highest BCUT2D eigenvalue weighted by molar-refractivity contribution is 5.94. The fourth-order valence-corrected chi connectivity index (χ4v) is 3.24. The van der Waals surface area contributed by atoms with Crippen molar-refractivity contribution in [3.63, 3.8) is 0 Å². The van der Waals surface area contributed by atoms with Gasteiger partial charge in [0, 0.05) is 11.2 Å². The van der Waals surface area contributed by atoms with Crippen LogP contribution < -0.4 is 0 Å². The quantitative estimate of drug-likeness (QED) is 0.855. The normalized spacial score (nSPS) is 16.4. The molecule has 106 valence electrons. The molecule has 1 aliphatic rings. The Labute approximate surface area is 119 Å². The lowest BCUT2D eigenvalue weighted by atomic mass is 9.86. The number of benzene rings is 1. The maximum Gasteiger partial charge on any atom is 0.337 e. The second kappa shape index (κ2) is 5.70. The number of hydrogen-bond acceptors (Lipinski definition) is 2. The van der Waals surface area contributed by atoms with Crippen LogP contribution >= 0.6 is 0 Å². The highest BCUT2D eigenvalue weighted by Gasteiger charge is 2.15. The van der Waals surface area contributed by atoms with Crippen molar-refractivity contribution >= 4 is 16.9 Å². The van der Waals surface area contributed by atoms with Gasteiger partial charge in [-0.3, -0.25) is 0 Å². The molecule has 1 saturated carbocycles. The SMILES string of the molecule is COC(=O)c1ccc2cc(CC3CCCCC3)[nH]c2c1. The smallest absolute Gasteiger partial charge is 0.337 e. The number of aromatic nitrogens is 1. The number of aromatic amines is 1. The van der Waals surface area contributed by atoms with Crippen molar-refractivity contribution in [2.45, 2.75) is 38.5 Å². The maximum atomic E-state index is 11.5. The Morgan fingerprint density at radius 2 is 2.05 bits per heavy atom. The van der Waals surface area contributed by atoms with Gasteiger partial charge in [0.1, 0.15) is 0 Å². The maximum absolute atomic E-state index is 11.5. The summed E-state index contributed by atoms with van der Waals surface area (Å²) in [5.41, 5.74) is 2.92. The molecule has 3 nitrogen and oxygen atoms in total. The number of fused-ring (bicyclic) bond motifs is 1. The van der Waals surface area contributed by atoms with Crippen molar-refractivity contribution < 1.29 is 9.53 Å². The van der Waals surface area contributed by atoms with Crippen LogP contribution in [0.2, 0.25) is 0 Å². The molecule has 1 aromatic carbocycles. The first-order valence-corrected chi connectivity index (χ1v) is 7.46. The fraction of sp³-hybridized carbons (Fsp3) is 0.471. The number of methoxy groups -OCH3 is 1. The number of esters is 1. The third-order valence-electron chi connectivity index (χ3n) is 4.33. The Morgan fingerprint density at radius 3 is 2.80 bits per heavy atom. The van der Waals surface area contributed by atoms with E-state index in [0.29, 0.717) is 5.56 Å². The molecule has 3 rings (SSSR count). The number of ether oxygens (including phenoxy) is 1. The van der Waals surface area contributed by atoms with Gasteiger partial charge in [0.05, 0.1) is 12.7 Å². The molecule has 0 spiro atoms. The number of carbonyl (C=O) groups excluding carboxylic acids is 1. The Bertz CT molecular complexity index is 608. The van der Waals surface area contributed by atoms with Crippen LogP contribution in [0.1, 0.15) is 48.2 Å². The molecule has 1 fully saturated rings. The highest BCUT2D eigenvalue weighted by Crippen LogP contribution is 2.28. The second-order valence-electron chi connectivity index (χ2n) is 5.80. The van der Waals surface area contributed by atoms with Gasteiger partial charge in [-0.05, 0) is 35.9 Å². The highest BCUT2D eigenvalue weighted by atomic mass is 16.5. The number of nitrogens with one attached hydrogen (secondary N) is 1. The monoisotopic (exact) mass is 271 g/mol. The molecule has 0 bridgehead atoms. The number of carbonyl (C=O) groups is 1. The van der Waals surface area contributed by atoms with Crippen LogP contribution in [-0.4, -0.2) is 18.1 Å². The molecule has 0 amide bonds. The van der Waals surface area contributed by atoms with Gasteiger partial charge in [0.25, 0.3) is 0 Å². The molecule has 3 heteroatoms. The standard InChI is InChI=1S/C17H21NO2/c1-20-17(19)14-8-7-13-10-15(18-16(13)11-14)9-12-5-3-2-4-6-12/h7-8,10-12,18H,2-6,9H2,1H3. The van der Waals surface area contributed by atoms with Crippen molar-refractivity contribution in [1.82, 2.24) is 4.98 Å². The first kappa shape index (κ1) is 13.2. The minimum absolute atomic E-state index is 0.282. The van der Waals surface area contributed by atoms with Crippen LogP contribution in [0.3, 0.4) is 0 Å². The van der Waals surface area contributed by atoms with Crippen molar-refractivity contribution in [3.05, 3.63) is 35.5 Å². The number of H-pyrrole nitrogens is 1. The molecule has 1 heterocycles. The molecule has 1 aliphatic carbocycles. The van der Waals surface area contributed by atoms with Gasteiger partial charge >= 0.3 is 5.97 Å². The number of hydrogen-bond donors (Lipinski definition) is 1. The van der Waals surface area contributed by atoms with Crippen LogP contribution in [0, 0.1) is 5.92 Å². The molecule has 0 radical (unpaired) electrons. The summed E-state index contributed by atoms with van der Waals surface area (Å²) in [5.74, 6) is 0.534. The molecule has 1 aromatic heterocycles. The number of rotatable bonds is 3. The van der Waals surface area contributed by atoms with E-state index < -0.39 is 0 Å². The van der Waals surface area contributed by atoms with Gasteiger partial charge in [0.2, 0.25) is 0 Å². The zero-order valence-corrected chi connectivity index (χ0v) is 11.9. The van der Waals surface area contributed by atoms with E-state index in [1.807, 2.05) is 18.2 Å². The average molecular weight is 271 g/mol. The van der Waals surface area contributed by atoms with Gasteiger partial charge in [0.15, 0.2) is 0 Å². The van der Waals surface area contributed by atoms with E-state index >= 15 is 0 Å². The Balaban J connectivity index is 1.81. The average Bonchev–Trinajstić information content (AvgIpc) is 2.88. The van der Waals surface area contributed by atoms with Crippen molar-refractivity contribution in [2.24, 2.45) is 5.92 Å². The van der Waals surface area contributed by atoms with E-state index in [-0.39, 0.29) is 5.97 Å².